The van der Waals surface area contributed by atoms with Crippen LogP contribution < -0.4 is 10.9 Å². The van der Waals surface area contributed by atoms with E-state index in [0.717, 1.165) is 16.6 Å². The molecule has 6 nitrogen and oxygen atoms in total. The summed E-state index contributed by atoms with van der Waals surface area (Å²) < 4.78 is 1.79. The van der Waals surface area contributed by atoms with E-state index < -0.39 is 0 Å². The zero-order valence-corrected chi connectivity index (χ0v) is 14.2. The summed E-state index contributed by atoms with van der Waals surface area (Å²) in [6.45, 7) is 0. The lowest BCUT2D eigenvalue weighted by atomic mass is 9.87. The highest BCUT2D eigenvalue weighted by atomic mass is 35.5. The standard InChI is InChI=1S/C19H13ClN4O2/c20-11-5-3-4-10(8-11)12-9-15(25)22-17-16(12)18(26)23-19-21-13-6-1-2-7-14(13)24(17)19/h1-8,12H,9H2,(H,22,25)(H,21,23,26)/t12-/m0/s1. The normalized spacial score (nSPS) is 16.7. The lowest BCUT2D eigenvalue weighted by molar-refractivity contribution is -0.116. The summed E-state index contributed by atoms with van der Waals surface area (Å²) in [6.07, 6.45) is 0.189. The maximum absolute atomic E-state index is 12.8. The van der Waals surface area contributed by atoms with E-state index >= 15 is 0 Å². The van der Waals surface area contributed by atoms with Gasteiger partial charge < -0.3 is 5.32 Å². The number of hydrogen-bond donors (Lipinski definition) is 2. The summed E-state index contributed by atoms with van der Waals surface area (Å²) in [5.41, 5.74) is 2.66. The van der Waals surface area contributed by atoms with Gasteiger partial charge in [-0.25, -0.2) is 4.98 Å². The quantitative estimate of drug-likeness (QED) is 0.544. The number of rotatable bonds is 1. The topological polar surface area (TPSA) is 79.3 Å². The van der Waals surface area contributed by atoms with Crippen molar-refractivity contribution in [3.8, 4) is 0 Å². The van der Waals surface area contributed by atoms with Crippen LogP contribution in [0.5, 0.6) is 0 Å². The summed E-state index contributed by atoms with van der Waals surface area (Å²) >= 11 is 6.12. The highest BCUT2D eigenvalue weighted by molar-refractivity contribution is 6.30. The molecule has 4 aromatic rings. The Hall–Kier alpha value is -3.12. The van der Waals surface area contributed by atoms with Crippen LogP contribution in [0.3, 0.4) is 0 Å². The maximum Gasteiger partial charge on any atom is 0.258 e. The molecule has 0 aliphatic carbocycles. The minimum Gasteiger partial charge on any atom is -0.311 e. The summed E-state index contributed by atoms with van der Waals surface area (Å²) in [5.74, 6) is 0.361. The number of H-pyrrole nitrogens is 1. The number of fused-ring (bicyclic) bond motifs is 5. The zero-order chi connectivity index (χ0) is 17.8. The fourth-order valence-corrected chi connectivity index (χ4v) is 3.86. The van der Waals surface area contributed by atoms with Crippen LogP contribution in [-0.2, 0) is 4.79 Å². The molecule has 2 N–H and O–H groups in total. The number of para-hydroxylation sites is 2. The van der Waals surface area contributed by atoms with Gasteiger partial charge in [0.25, 0.3) is 5.56 Å². The van der Waals surface area contributed by atoms with Crippen molar-refractivity contribution in [1.82, 2.24) is 14.4 Å². The first-order valence-electron chi connectivity index (χ1n) is 8.20. The van der Waals surface area contributed by atoms with Gasteiger partial charge in [-0.1, -0.05) is 35.9 Å². The molecule has 1 atom stereocenters. The van der Waals surface area contributed by atoms with E-state index in [4.69, 9.17) is 11.6 Å². The van der Waals surface area contributed by atoms with Gasteiger partial charge in [0, 0.05) is 17.4 Å². The molecule has 7 heteroatoms. The van der Waals surface area contributed by atoms with Crippen molar-refractivity contribution in [2.75, 3.05) is 5.32 Å². The van der Waals surface area contributed by atoms with E-state index in [9.17, 15) is 9.59 Å². The number of carbonyl (C=O) groups is 1. The molecule has 128 valence electrons. The fraction of sp³-hybridized carbons (Fsp3) is 0.105. The molecule has 2 aromatic carbocycles. The van der Waals surface area contributed by atoms with Crippen LogP contribution in [0.1, 0.15) is 23.5 Å². The molecule has 0 saturated heterocycles. The van der Waals surface area contributed by atoms with Gasteiger partial charge in [-0.05, 0) is 29.8 Å². The fourth-order valence-electron chi connectivity index (χ4n) is 3.66. The molecule has 1 amide bonds. The highest BCUT2D eigenvalue weighted by Crippen LogP contribution is 2.36. The summed E-state index contributed by atoms with van der Waals surface area (Å²) in [6, 6.07) is 14.8. The minimum absolute atomic E-state index is 0.146. The van der Waals surface area contributed by atoms with Crippen LogP contribution >= 0.6 is 11.6 Å². The third-order valence-corrected chi connectivity index (χ3v) is 4.99. The molecule has 3 heterocycles. The number of hydrogen-bond acceptors (Lipinski definition) is 3. The predicted molar refractivity (Wildman–Crippen MR) is 99.9 cm³/mol. The van der Waals surface area contributed by atoms with Crippen molar-refractivity contribution in [2.45, 2.75) is 12.3 Å². The number of nitrogens with one attached hydrogen (secondary N) is 2. The van der Waals surface area contributed by atoms with Crippen molar-refractivity contribution in [2.24, 2.45) is 0 Å². The Bertz CT molecular complexity index is 1260. The van der Waals surface area contributed by atoms with Crippen LogP contribution in [0.4, 0.5) is 5.82 Å². The lowest BCUT2D eigenvalue weighted by Crippen LogP contribution is -2.32. The number of imidazole rings is 1. The first kappa shape index (κ1) is 15.2. The van der Waals surface area contributed by atoms with Gasteiger partial charge in [-0.2, -0.15) is 0 Å². The number of nitrogens with zero attached hydrogens (tertiary/aromatic N) is 2. The Kier molecular flexibility index (Phi) is 3.17. The van der Waals surface area contributed by atoms with Gasteiger partial charge in [-0.3, -0.25) is 19.0 Å². The summed E-state index contributed by atoms with van der Waals surface area (Å²) in [7, 11) is 0. The van der Waals surface area contributed by atoms with Gasteiger partial charge in [0.2, 0.25) is 11.7 Å². The van der Waals surface area contributed by atoms with Gasteiger partial charge >= 0.3 is 0 Å². The first-order chi connectivity index (χ1) is 12.6. The van der Waals surface area contributed by atoms with E-state index in [2.05, 4.69) is 15.3 Å². The second-order valence-electron chi connectivity index (χ2n) is 6.34. The van der Waals surface area contributed by atoms with E-state index in [1.807, 2.05) is 36.4 Å². The second-order valence-corrected chi connectivity index (χ2v) is 6.77. The number of benzene rings is 2. The van der Waals surface area contributed by atoms with Gasteiger partial charge in [0.05, 0.1) is 16.6 Å². The third-order valence-electron chi connectivity index (χ3n) is 4.76. The second kappa shape index (κ2) is 5.44. The van der Waals surface area contributed by atoms with Crippen LogP contribution in [0, 0.1) is 0 Å². The molecule has 5 rings (SSSR count). The monoisotopic (exact) mass is 364 g/mol. The van der Waals surface area contributed by atoms with Crippen molar-refractivity contribution < 1.29 is 4.79 Å². The predicted octanol–water partition coefficient (Wildman–Crippen LogP) is 3.30. The number of aromatic nitrogens is 3. The molecule has 26 heavy (non-hydrogen) atoms. The minimum atomic E-state index is -0.369. The Labute approximate surface area is 152 Å². The number of halogens is 1. The molecule has 2 aromatic heterocycles. The van der Waals surface area contributed by atoms with E-state index in [-0.39, 0.29) is 23.8 Å². The van der Waals surface area contributed by atoms with Crippen LogP contribution in [-0.4, -0.2) is 20.3 Å². The number of anilines is 1. The number of carbonyl (C=O) groups excluding carboxylic acids is 1. The molecule has 0 radical (unpaired) electrons. The third kappa shape index (κ3) is 2.16. The van der Waals surface area contributed by atoms with Gasteiger partial charge in [0.15, 0.2) is 0 Å². The van der Waals surface area contributed by atoms with Gasteiger partial charge in [-0.15, -0.1) is 0 Å². The largest absolute Gasteiger partial charge is 0.311 e. The van der Waals surface area contributed by atoms with E-state index in [1.165, 1.54) is 0 Å². The Morgan fingerprint density at radius 1 is 1.12 bits per heavy atom. The molecular weight excluding hydrogens is 352 g/mol. The highest BCUT2D eigenvalue weighted by Gasteiger charge is 2.32. The lowest BCUT2D eigenvalue weighted by Gasteiger charge is -2.25. The Morgan fingerprint density at radius 3 is 2.81 bits per heavy atom. The average Bonchev–Trinajstić information content (AvgIpc) is 2.99. The van der Waals surface area contributed by atoms with Crippen molar-refractivity contribution in [3.05, 3.63) is 75.0 Å². The summed E-state index contributed by atoms with van der Waals surface area (Å²) in [5, 5.41) is 3.44. The molecule has 1 aliphatic heterocycles. The zero-order valence-electron chi connectivity index (χ0n) is 13.5. The molecule has 1 aliphatic rings. The summed E-state index contributed by atoms with van der Waals surface area (Å²) in [4.78, 5) is 32.6. The van der Waals surface area contributed by atoms with E-state index in [0.29, 0.717) is 22.2 Å². The molecule has 0 spiro atoms. The van der Waals surface area contributed by atoms with Gasteiger partial charge in [0.1, 0.15) is 5.82 Å². The number of aromatic amines is 1. The van der Waals surface area contributed by atoms with E-state index in [1.54, 1.807) is 16.5 Å². The van der Waals surface area contributed by atoms with Crippen LogP contribution in [0.15, 0.2) is 53.3 Å². The molecule has 0 unspecified atom stereocenters. The van der Waals surface area contributed by atoms with Crippen LogP contribution in [0.2, 0.25) is 5.02 Å². The van der Waals surface area contributed by atoms with Crippen molar-refractivity contribution >= 4 is 40.1 Å². The molecule has 0 bridgehead atoms. The number of amides is 1. The van der Waals surface area contributed by atoms with Crippen molar-refractivity contribution in [1.29, 1.82) is 0 Å². The smallest absolute Gasteiger partial charge is 0.258 e. The first-order valence-corrected chi connectivity index (χ1v) is 8.58. The Morgan fingerprint density at radius 2 is 1.96 bits per heavy atom. The Balaban J connectivity index is 1.87. The molecule has 0 saturated carbocycles. The van der Waals surface area contributed by atoms with Crippen LogP contribution in [0.25, 0.3) is 16.8 Å². The van der Waals surface area contributed by atoms with Crippen molar-refractivity contribution in [3.63, 3.8) is 0 Å². The maximum atomic E-state index is 12.8. The molecular formula is C19H13ClN4O2. The molecule has 0 fully saturated rings. The average molecular weight is 365 g/mol. The SMILES string of the molecule is O=C1C[C@@H](c2cccc(Cl)c2)c2c(n3c(nc4ccccc43)[nH]c2=O)N1.